The van der Waals surface area contributed by atoms with Gasteiger partial charge in [0.25, 0.3) is 0 Å². The summed E-state index contributed by atoms with van der Waals surface area (Å²) in [5.41, 5.74) is 1.61. The van der Waals surface area contributed by atoms with Crippen LogP contribution >= 0.6 is 0 Å². The number of esters is 1. The largest absolute Gasteiger partial charge is 0.466 e. The average molecular weight is 307 g/mol. The lowest BCUT2D eigenvalue weighted by Crippen LogP contribution is -2.28. The summed E-state index contributed by atoms with van der Waals surface area (Å²) in [5, 5.41) is 9.43. The maximum Gasteiger partial charge on any atom is 0.305 e. The van der Waals surface area contributed by atoms with Gasteiger partial charge in [0.1, 0.15) is 0 Å². The molecule has 0 fully saturated rings. The maximum absolute atomic E-state index is 11.9. The molecule has 0 aliphatic rings. The van der Waals surface area contributed by atoms with Gasteiger partial charge in [-0.2, -0.15) is 5.26 Å². The SMILES string of the molecule is CCOC(=O)CCC(CC#N)(c1ccccc1)c1ccccc1. The Morgan fingerprint density at radius 1 is 1.04 bits per heavy atom. The number of nitriles is 1. The lowest BCUT2D eigenvalue weighted by Gasteiger charge is -2.33. The van der Waals surface area contributed by atoms with Gasteiger partial charge in [-0.3, -0.25) is 4.79 Å². The third-order valence-electron chi connectivity index (χ3n) is 4.09. The van der Waals surface area contributed by atoms with E-state index in [4.69, 9.17) is 4.74 Å². The van der Waals surface area contributed by atoms with Gasteiger partial charge >= 0.3 is 5.97 Å². The molecule has 3 heteroatoms. The van der Waals surface area contributed by atoms with Crippen LogP contribution in [-0.4, -0.2) is 12.6 Å². The van der Waals surface area contributed by atoms with Gasteiger partial charge in [-0.25, -0.2) is 0 Å². The monoisotopic (exact) mass is 307 g/mol. The summed E-state index contributed by atoms with van der Waals surface area (Å²) >= 11 is 0. The van der Waals surface area contributed by atoms with Crippen LogP contribution < -0.4 is 0 Å². The van der Waals surface area contributed by atoms with Gasteiger partial charge in [-0.15, -0.1) is 0 Å². The predicted octanol–water partition coefficient (Wildman–Crippen LogP) is 4.23. The normalized spacial score (nSPS) is 10.8. The highest BCUT2D eigenvalue weighted by Gasteiger charge is 2.34. The molecule has 2 aromatic rings. The Morgan fingerprint density at radius 2 is 1.57 bits per heavy atom. The molecular formula is C20H21NO2. The van der Waals surface area contributed by atoms with E-state index in [9.17, 15) is 10.1 Å². The van der Waals surface area contributed by atoms with Crippen molar-refractivity contribution in [3.63, 3.8) is 0 Å². The average Bonchev–Trinajstić information content (AvgIpc) is 2.60. The molecule has 2 aromatic carbocycles. The Labute approximate surface area is 137 Å². The highest BCUT2D eigenvalue weighted by molar-refractivity contribution is 5.69. The van der Waals surface area contributed by atoms with Crippen LogP contribution in [-0.2, 0) is 14.9 Å². The summed E-state index contributed by atoms with van der Waals surface area (Å²) < 4.78 is 5.07. The van der Waals surface area contributed by atoms with Crippen molar-refractivity contribution in [1.82, 2.24) is 0 Å². The van der Waals surface area contributed by atoms with Crippen molar-refractivity contribution in [2.45, 2.75) is 31.6 Å². The first kappa shape index (κ1) is 16.8. The molecule has 0 aromatic heterocycles. The Bertz CT molecular complexity index is 620. The summed E-state index contributed by atoms with van der Waals surface area (Å²) in [4.78, 5) is 11.9. The van der Waals surface area contributed by atoms with Crippen LogP contribution in [0.4, 0.5) is 0 Å². The van der Waals surface area contributed by atoms with Gasteiger partial charge in [0, 0.05) is 18.3 Å². The van der Waals surface area contributed by atoms with Crippen molar-refractivity contribution in [3.05, 3.63) is 71.8 Å². The fourth-order valence-electron chi connectivity index (χ4n) is 2.95. The molecule has 0 spiro atoms. The minimum Gasteiger partial charge on any atom is -0.466 e. The van der Waals surface area contributed by atoms with Crippen molar-refractivity contribution in [2.75, 3.05) is 6.61 Å². The van der Waals surface area contributed by atoms with E-state index in [1.165, 1.54) is 0 Å². The fraction of sp³-hybridized carbons (Fsp3) is 0.300. The predicted molar refractivity (Wildman–Crippen MR) is 89.8 cm³/mol. The summed E-state index contributed by atoms with van der Waals surface area (Å²) in [6.45, 7) is 2.18. The highest BCUT2D eigenvalue weighted by Crippen LogP contribution is 2.39. The molecule has 0 radical (unpaired) electrons. The highest BCUT2D eigenvalue weighted by atomic mass is 16.5. The molecule has 0 amide bonds. The lowest BCUT2D eigenvalue weighted by molar-refractivity contribution is -0.143. The van der Waals surface area contributed by atoms with Crippen molar-refractivity contribution >= 4 is 5.97 Å². The van der Waals surface area contributed by atoms with E-state index in [2.05, 4.69) is 6.07 Å². The molecule has 23 heavy (non-hydrogen) atoms. The zero-order valence-corrected chi connectivity index (χ0v) is 13.4. The number of benzene rings is 2. The molecule has 3 nitrogen and oxygen atoms in total. The summed E-state index contributed by atoms with van der Waals surface area (Å²) in [5.74, 6) is -0.221. The van der Waals surface area contributed by atoms with Gasteiger partial charge < -0.3 is 4.74 Å². The van der Waals surface area contributed by atoms with E-state index >= 15 is 0 Å². The first-order valence-corrected chi connectivity index (χ1v) is 7.86. The van der Waals surface area contributed by atoms with Crippen LogP contribution in [0.15, 0.2) is 60.7 Å². The van der Waals surface area contributed by atoms with Crippen LogP contribution in [0, 0.1) is 11.3 Å². The summed E-state index contributed by atoms with van der Waals surface area (Å²) in [7, 11) is 0. The van der Waals surface area contributed by atoms with Crippen molar-refractivity contribution < 1.29 is 9.53 Å². The number of carbonyl (C=O) groups excluding carboxylic acids is 1. The van der Waals surface area contributed by atoms with Crippen LogP contribution in [0.1, 0.15) is 37.3 Å². The number of hydrogen-bond acceptors (Lipinski definition) is 3. The molecule has 0 N–H and O–H groups in total. The summed E-state index contributed by atoms with van der Waals surface area (Å²) in [6, 6.07) is 22.2. The summed E-state index contributed by atoms with van der Waals surface area (Å²) in [6.07, 6.45) is 1.16. The molecule has 2 rings (SSSR count). The van der Waals surface area contributed by atoms with E-state index in [1.54, 1.807) is 6.92 Å². The smallest absolute Gasteiger partial charge is 0.305 e. The third-order valence-corrected chi connectivity index (χ3v) is 4.09. The zero-order valence-electron chi connectivity index (χ0n) is 13.4. The molecule has 118 valence electrons. The van der Waals surface area contributed by atoms with Crippen LogP contribution in [0.5, 0.6) is 0 Å². The van der Waals surface area contributed by atoms with E-state index in [0.29, 0.717) is 25.9 Å². The molecule has 0 heterocycles. The van der Waals surface area contributed by atoms with Crippen molar-refractivity contribution in [2.24, 2.45) is 0 Å². The number of ether oxygens (including phenoxy) is 1. The second kappa shape index (κ2) is 8.14. The van der Waals surface area contributed by atoms with E-state index in [1.807, 2.05) is 60.7 Å². The van der Waals surface area contributed by atoms with Crippen LogP contribution in [0.2, 0.25) is 0 Å². The molecule has 0 aliphatic heterocycles. The third kappa shape index (κ3) is 3.98. The van der Waals surface area contributed by atoms with E-state index < -0.39 is 5.41 Å². The fourth-order valence-corrected chi connectivity index (χ4v) is 2.95. The van der Waals surface area contributed by atoms with Crippen molar-refractivity contribution in [1.29, 1.82) is 5.26 Å². The molecule has 0 saturated heterocycles. The Morgan fingerprint density at radius 3 is 2.00 bits per heavy atom. The maximum atomic E-state index is 11.9. The minimum absolute atomic E-state index is 0.221. The van der Waals surface area contributed by atoms with Gasteiger partial charge in [-0.1, -0.05) is 60.7 Å². The van der Waals surface area contributed by atoms with E-state index in [0.717, 1.165) is 11.1 Å². The topological polar surface area (TPSA) is 50.1 Å². The van der Waals surface area contributed by atoms with E-state index in [-0.39, 0.29) is 5.97 Å². The van der Waals surface area contributed by atoms with Gasteiger partial charge in [0.05, 0.1) is 12.7 Å². The Hall–Kier alpha value is -2.60. The zero-order chi connectivity index (χ0) is 16.5. The molecule has 0 atom stereocenters. The van der Waals surface area contributed by atoms with Crippen LogP contribution in [0.25, 0.3) is 0 Å². The number of hydrogen-bond donors (Lipinski definition) is 0. The minimum atomic E-state index is -0.496. The van der Waals surface area contributed by atoms with Gasteiger partial charge in [0.2, 0.25) is 0 Å². The van der Waals surface area contributed by atoms with Gasteiger partial charge in [-0.05, 0) is 24.5 Å². The molecule has 0 aliphatic carbocycles. The standard InChI is InChI=1S/C20H21NO2/c1-2-23-19(22)13-14-20(15-16-21,17-9-5-3-6-10-17)18-11-7-4-8-12-18/h3-12H,2,13-15H2,1H3. The first-order valence-electron chi connectivity index (χ1n) is 7.86. The number of carbonyl (C=O) groups is 1. The Kier molecular flexibility index (Phi) is 5.94. The molecular weight excluding hydrogens is 286 g/mol. The molecule has 0 unspecified atom stereocenters. The Balaban J connectivity index is 2.44. The van der Waals surface area contributed by atoms with Crippen LogP contribution in [0.3, 0.4) is 0 Å². The van der Waals surface area contributed by atoms with Gasteiger partial charge in [0.15, 0.2) is 0 Å². The second-order valence-electron chi connectivity index (χ2n) is 5.45. The first-order chi connectivity index (χ1) is 11.2. The molecule has 0 saturated carbocycles. The number of rotatable bonds is 7. The molecule has 0 bridgehead atoms. The second-order valence-corrected chi connectivity index (χ2v) is 5.45. The lowest BCUT2D eigenvalue weighted by atomic mass is 9.69. The van der Waals surface area contributed by atoms with Crippen molar-refractivity contribution in [3.8, 4) is 6.07 Å². The quantitative estimate of drug-likeness (QED) is 0.719. The number of nitrogens with zero attached hydrogens (tertiary/aromatic N) is 1.